The molecule has 184 valence electrons. The molecule has 1 aromatic carbocycles. The molecule has 0 spiro atoms. The fraction of sp³-hybridized carbons (Fsp3) is 0.583. The summed E-state index contributed by atoms with van der Waals surface area (Å²) >= 11 is 6.02. The van der Waals surface area contributed by atoms with E-state index in [0.717, 1.165) is 5.56 Å². The third kappa shape index (κ3) is 5.14. The molecule has 34 heavy (non-hydrogen) atoms. The Labute approximate surface area is 204 Å². The minimum Gasteiger partial charge on any atom is -0.465 e. The molecular weight excluding hydrogens is 460 g/mol. The molecule has 3 aliphatic rings. The molecule has 4 rings (SSSR count). The van der Waals surface area contributed by atoms with Crippen LogP contribution in [0.3, 0.4) is 0 Å². The Balaban J connectivity index is 1.38. The highest BCUT2D eigenvalue weighted by molar-refractivity contribution is 6.30. The molecule has 1 aromatic rings. The van der Waals surface area contributed by atoms with Gasteiger partial charge < -0.3 is 25.1 Å². The number of likely N-dealkylation sites (N-methyl/N-ethyl adjacent to an activating group) is 1. The van der Waals surface area contributed by atoms with Gasteiger partial charge >= 0.3 is 6.09 Å². The normalized spacial score (nSPS) is 25.7. The summed E-state index contributed by atoms with van der Waals surface area (Å²) in [6.07, 6.45) is 1.10. The van der Waals surface area contributed by atoms with Crippen LogP contribution in [0.1, 0.15) is 37.2 Å². The van der Waals surface area contributed by atoms with Crippen LogP contribution in [0, 0.1) is 11.8 Å². The maximum absolute atomic E-state index is 13.4. The van der Waals surface area contributed by atoms with Gasteiger partial charge in [0.1, 0.15) is 0 Å². The zero-order valence-electron chi connectivity index (χ0n) is 19.3. The predicted octanol–water partition coefficient (Wildman–Crippen LogP) is 2.01. The van der Waals surface area contributed by atoms with E-state index in [0.29, 0.717) is 63.4 Å². The third-order valence-electron chi connectivity index (χ3n) is 7.47. The summed E-state index contributed by atoms with van der Waals surface area (Å²) < 4.78 is 0. The number of piperidine rings is 2. The van der Waals surface area contributed by atoms with Crippen molar-refractivity contribution in [3.63, 3.8) is 0 Å². The fourth-order valence-electron chi connectivity index (χ4n) is 5.35. The molecule has 2 N–H and O–H groups in total. The molecule has 3 heterocycles. The minimum absolute atomic E-state index is 0.0114. The fourth-order valence-corrected chi connectivity index (χ4v) is 5.47. The van der Waals surface area contributed by atoms with Gasteiger partial charge in [-0.3, -0.25) is 14.4 Å². The van der Waals surface area contributed by atoms with Crippen molar-refractivity contribution in [3.05, 3.63) is 34.9 Å². The van der Waals surface area contributed by atoms with Crippen molar-refractivity contribution in [2.45, 2.75) is 37.6 Å². The Bertz CT molecular complexity index is 937. The van der Waals surface area contributed by atoms with Gasteiger partial charge in [0, 0.05) is 63.1 Å². The number of nitrogens with zero attached hydrogens (tertiary/aromatic N) is 3. The van der Waals surface area contributed by atoms with Crippen LogP contribution in [0.5, 0.6) is 0 Å². The standard InChI is InChI=1S/C24H31ClN4O5/c1-27(24(33)34)20-14-29(13-19(20)15-2-5-18(25)6-3-15)22(31)16-8-10-28(11-9-16)23(32)17-4-7-21(30)26-12-17/h2-3,5-6,16-17,19-20H,4,7-14H2,1H3,(H,26,30)(H,33,34)/t17?,19-,20+/m0/s1. The van der Waals surface area contributed by atoms with Crippen LogP contribution in [0.2, 0.25) is 5.02 Å². The number of carbonyl (C=O) groups is 4. The lowest BCUT2D eigenvalue weighted by atomic mass is 9.92. The Morgan fingerprint density at radius 1 is 1.00 bits per heavy atom. The van der Waals surface area contributed by atoms with Gasteiger partial charge in [-0.1, -0.05) is 23.7 Å². The van der Waals surface area contributed by atoms with Gasteiger partial charge in [0.05, 0.1) is 12.0 Å². The maximum Gasteiger partial charge on any atom is 0.407 e. The summed E-state index contributed by atoms with van der Waals surface area (Å²) in [7, 11) is 1.54. The monoisotopic (exact) mass is 490 g/mol. The summed E-state index contributed by atoms with van der Waals surface area (Å²) in [6.45, 7) is 2.22. The van der Waals surface area contributed by atoms with E-state index < -0.39 is 6.09 Å². The zero-order chi connectivity index (χ0) is 24.4. The Hall–Kier alpha value is -2.81. The van der Waals surface area contributed by atoms with Crippen molar-refractivity contribution < 1.29 is 24.3 Å². The predicted molar refractivity (Wildman–Crippen MR) is 125 cm³/mol. The summed E-state index contributed by atoms with van der Waals surface area (Å²) in [5, 5.41) is 12.9. The second kappa shape index (κ2) is 10.2. The maximum atomic E-state index is 13.4. The van der Waals surface area contributed by atoms with Crippen LogP contribution in [0.4, 0.5) is 4.79 Å². The molecule has 10 heteroatoms. The number of likely N-dealkylation sites (tertiary alicyclic amines) is 2. The van der Waals surface area contributed by atoms with Gasteiger partial charge in [0.25, 0.3) is 0 Å². The second-order valence-electron chi connectivity index (χ2n) is 9.50. The van der Waals surface area contributed by atoms with E-state index in [2.05, 4.69) is 5.32 Å². The largest absolute Gasteiger partial charge is 0.465 e. The van der Waals surface area contributed by atoms with Gasteiger partial charge in [0.15, 0.2) is 0 Å². The van der Waals surface area contributed by atoms with Gasteiger partial charge in [0.2, 0.25) is 17.7 Å². The van der Waals surface area contributed by atoms with Crippen molar-refractivity contribution in [3.8, 4) is 0 Å². The molecule has 3 saturated heterocycles. The quantitative estimate of drug-likeness (QED) is 0.670. The number of benzene rings is 1. The van der Waals surface area contributed by atoms with Crippen LogP contribution >= 0.6 is 11.6 Å². The van der Waals surface area contributed by atoms with Gasteiger partial charge in [-0.25, -0.2) is 4.79 Å². The summed E-state index contributed by atoms with van der Waals surface area (Å²) in [5.74, 6) is -0.436. The molecule has 0 bridgehead atoms. The van der Waals surface area contributed by atoms with Gasteiger partial charge in [-0.05, 0) is 37.0 Å². The SMILES string of the molecule is CN(C(=O)O)[C@@H]1CN(C(=O)C2CCN(C(=O)C3CCC(=O)NC3)CC2)C[C@H]1c1ccc(Cl)cc1. The first-order chi connectivity index (χ1) is 16.2. The number of amides is 4. The van der Waals surface area contributed by atoms with Crippen LogP contribution in [0.25, 0.3) is 0 Å². The van der Waals surface area contributed by atoms with Crippen molar-refractivity contribution in [2.24, 2.45) is 11.8 Å². The Morgan fingerprint density at radius 2 is 1.65 bits per heavy atom. The molecule has 3 fully saturated rings. The first kappa shape index (κ1) is 24.3. The average Bonchev–Trinajstić information content (AvgIpc) is 3.29. The van der Waals surface area contributed by atoms with Crippen LogP contribution in [0.15, 0.2) is 24.3 Å². The van der Waals surface area contributed by atoms with Gasteiger partial charge in [-0.15, -0.1) is 0 Å². The number of halogens is 1. The molecule has 9 nitrogen and oxygen atoms in total. The van der Waals surface area contributed by atoms with E-state index in [4.69, 9.17) is 11.6 Å². The third-order valence-corrected chi connectivity index (χ3v) is 7.72. The highest BCUT2D eigenvalue weighted by Crippen LogP contribution is 2.33. The second-order valence-corrected chi connectivity index (χ2v) is 9.94. The topological polar surface area (TPSA) is 110 Å². The summed E-state index contributed by atoms with van der Waals surface area (Å²) in [6, 6.07) is 7.00. The number of carboxylic acid groups (broad SMARTS) is 1. The van der Waals surface area contributed by atoms with Crippen molar-refractivity contribution in [1.29, 1.82) is 0 Å². The van der Waals surface area contributed by atoms with Crippen LogP contribution in [-0.2, 0) is 14.4 Å². The molecule has 4 amide bonds. The van der Waals surface area contributed by atoms with Crippen LogP contribution < -0.4 is 5.32 Å². The van der Waals surface area contributed by atoms with E-state index in [-0.39, 0.29) is 41.5 Å². The first-order valence-electron chi connectivity index (χ1n) is 11.8. The molecular formula is C24H31ClN4O5. The number of hydrogen-bond donors (Lipinski definition) is 2. The lowest BCUT2D eigenvalue weighted by Gasteiger charge is -2.36. The summed E-state index contributed by atoms with van der Waals surface area (Å²) in [5.41, 5.74) is 0.956. The van der Waals surface area contributed by atoms with E-state index in [9.17, 15) is 24.3 Å². The van der Waals surface area contributed by atoms with Crippen molar-refractivity contribution >= 4 is 35.4 Å². The smallest absolute Gasteiger partial charge is 0.407 e. The highest BCUT2D eigenvalue weighted by Gasteiger charge is 2.42. The minimum atomic E-state index is -1.02. The molecule has 0 radical (unpaired) electrons. The summed E-state index contributed by atoms with van der Waals surface area (Å²) in [4.78, 5) is 54.1. The Morgan fingerprint density at radius 3 is 2.24 bits per heavy atom. The first-order valence-corrected chi connectivity index (χ1v) is 12.2. The van der Waals surface area contributed by atoms with E-state index in [1.807, 2.05) is 17.0 Å². The average molecular weight is 491 g/mol. The van der Waals surface area contributed by atoms with E-state index >= 15 is 0 Å². The van der Waals surface area contributed by atoms with Gasteiger partial charge in [-0.2, -0.15) is 0 Å². The zero-order valence-corrected chi connectivity index (χ0v) is 20.0. The lowest BCUT2D eigenvalue weighted by molar-refractivity contribution is -0.143. The van der Waals surface area contributed by atoms with E-state index in [1.165, 1.54) is 4.90 Å². The molecule has 3 aliphatic heterocycles. The highest BCUT2D eigenvalue weighted by atomic mass is 35.5. The molecule has 1 unspecified atom stereocenters. The Kier molecular flexibility index (Phi) is 7.30. The number of nitrogens with one attached hydrogen (secondary N) is 1. The molecule has 0 aliphatic carbocycles. The van der Waals surface area contributed by atoms with E-state index in [1.54, 1.807) is 24.1 Å². The molecule has 0 aromatic heterocycles. The van der Waals surface area contributed by atoms with Crippen LogP contribution in [-0.4, -0.2) is 89.4 Å². The number of rotatable bonds is 4. The lowest BCUT2D eigenvalue weighted by Crippen LogP contribution is -2.49. The molecule has 0 saturated carbocycles. The van der Waals surface area contributed by atoms with Crippen molar-refractivity contribution in [2.75, 3.05) is 39.8 Å². The van der Waals surface area contributed by atoms with Crippen molar-refractivity contribution in [1.82, 2.24) is 20.0 Å². The molecule has 3 atom stereocenters. The number of carbonyl (C=O) groups excluding carboxylic acids is 3. The number of hydrogen-bond acceptors (Lipinski definition) is 4.